The van der Waals surface area contributed by atoms with Gasteiger partial charge in [0.25, 0.3) is 0 Å². The maximum atomic E-state index is 12.9. The van der Waals surface area contributed by atoms with E-state index in [9.17, 15) is 4.79 Å². The summed E-state index contributed by atoms with van der Waals surface area (Å²) < 4.78 is 11.4. The van der Waals surface area contributed by atoms with Crippen molar-refractivity contribution in [1.29, 1.82) is 0 Å². The number of fused-ring (bicyclic) bond motifs is 1. The fourth-order valence-corrected chi connectivity index (χ4v) is 4.53. The van der Waals surface area contributed by atoms with Crippen LogP contribution >= 0.6 is 11.6 Å². The standard InChI is InChI=1S/C24H30ClN3O3/c1-27(20-7-11-28(12-8-20)10-6-19-5-2-3-9-26-19)23(29)17-18-15-21(25)24-22(16-18)30-13-4-14-31-24/h2-3,5,9,15-16,20H,4,6-8,10-14,17H2,1H3. The van der Waals surface area contributed by atoms with E-state index in [1.807, 2.05) is 42.4 Å². The number of amides is 1. The quantitative estimate of drug-likeness (QED) is 0.682. The van der Waals surface area contributed by atoms with Gasteiger partial charge in [0.2, 0.25) is 5.91 Å². The molecule has 1 aromatic heterocycles. The van der Waals surface area contributed by atoms with Crippen LogP contribution in [0.15, 0.2) is 36.5 Å². The van der Waals surface area contributed by atoms with Crippen molar-refractivity contribution in [1.82, 2.24) is 14.8 Å². The first-order chi connectivity index (χ1) is 15.1. The van der Waals surface area contributed by atoms with E-state index >= 15 is 0 Å². The molecule has 1 aromatic carbocycles. The zero-order chi connectivity index (χ0) is 21.6. The fraction of sp³-hybridized carbons (Fsp3) is 0.500. The van der Waals surface area contributed by atoms with Crippen molar-refractivity contribution in [2.45, 2.75) is 38.1 Å². The van der Waals surface area contributed by atoms with Crippen LogP contribution in [-0.4, -0.2) is 66.6 Å². The zero-order valence-corrected chi connectivity index (χ0v) is 18.8. The van der Waals surface area contributed by atoms with Gasteiger partial charge in [0, 0.05) is 57.5 Å². The third-order valence-corrected chi connectivity index (χ3v) is 6.41. The normalized spacial score (nSPS) is 17.2. The number of benzene rings is 1. The molecule has 0 N–H and O–H groups in total. The van der Waals surface area contributed by atoms with E-state index in [4.69, 9.17) is 21.1 Å². The van der Waals surface area contributed by atoms with Crippen molar-refractivity contribution in [3.05, 3.63) is 52.8 Å². The summed E-state index contributed by atoms with van der Waals surface area (Å²) >= 11 is 6.38. The SMILES string of the molecule is CN(C(=O)Cc1cc(Cl)c2c(c1)OCCCO2)C1CCN(CCc2ccccn2)CC1. The number of halogens is 1. The van der Waals surface area contributed by atoms with Gasteiger partial charge in [-0.15, -0.1) is 0 Å². The lowest BCUT2D eigenvalue weighted by Gasteiger charge is -2.36. The largest absolute Gasteiger partial charge is 0.489 e. The van der Waals surface area contributed by atoms with Gasteiger partial charge in [0.15, 0.2) is 11.5 Å². The molecule has 2 aliphatic rings. The lowest BCUT2D eigenvalue weighted by Crippen LogP contribution is -2.46. The summed E-state index contributed by atoms with van der Waals surface area (Å²) in [6.45, 7) is 4.21. The highest BCUT2D eigenvalue weighted by atomic mass is 35.5. The second-order valence-electron chi connectivity index (χ2n) is 8.28. The molecular weight excluding hydrogens is 414 g/mol. The van der Waals surface area contributed by atoms with Gasteiger partial charge in [-0.1, -0.05) is 17.7 Å². The van der Waals surface area contributed by atoms with Crippen molar-refractivity contribution < 1.29 is 14.3 Å². The highest BCUT2D eigenvalue weighted by Gasteiger charge is 2.26. The summed E-state index contributed by atoms with van der Waals surface area (Å²) in [5.41, 5.74) is 1.99. The number of nitrogens with zero attached hydrogens (tertiary/aromatic N) is 3. The van der Waals surface area contributed by atoms with Crippen LogP contribution < -0.4 is 9.47 Å². The van der Waals surface area contributed by atoms with Gasteiger partial charge in [0.1, 0.15) is 0 Å². The third-order valence-electron chi connectivity index (χ3n) is 6.13. The lowest BCUT2D eigenvalue weighted by molar-refractivity contribution is -0.132. The van der Waals surface area contributed by atoms with Gasteiger partial charge >= 0.3 is 0 Å². The van der Waals surface area contributed by atoms with Gasteiger partial charge in [-0.05, 0) is 42.7 Å². The van der Waals surface area contributed by atoms with Crippen molar-refractivity contribution >= 4 is 17.5 Å². The fourth-order valence-electron chi connectivity index (χ4n) is 4.24. The van der Waals surface area contributed by atoms with Crippen molar-refractivity contribution in [2.24, 2.45) is 0 Å². The minimum atomic E-state index is 0.109. The van der Waals surface area contributed by atoms with Crippen LogP contribution in [0.4, 0.5) is 0 Å². The Balaban J connectivity index is 1.28. The molecule has 0 radical (unpaired) electrons. The average molecular weight is 444 g/mol. The van der Waals surface area contributed by atoms with E-state index in [1.54, 1.807) is 0 Å². The molecule has 31 heavy (non-hydrogen) atoms. The van der Waals surface area contributed by atoms with Crippen LogP contribution in [0.3, 0.4) is 0 Å². The summed E-state index contributed by atoms with van der Waals surface area (Å²) in [5.74, 6) is 1.33. The van der Waals surface area contributed by atoms with Crippen LogP contribution in [0, 0.1) is 0 Å². The molecule has 166 valence electrons. The Kier molecular flexibility index (Phi) is 7.30. The number of rotatable bonds is 6. The Morgan fingerprint density at radius 2 is 2.03 bits per heavy atom. The first-order valence-electron chi connectivity index (χ1n) is 11.1. The number of carbonyl (C=O) groups excluding carboxylic acids is 1. The van der Waals surface area contributed by atoms with Crippen LogP contribution in [0.5, 0.6) is 11.5 Å². The molecule has 4 rings (SSSR count). The van der Waals surface area contributed by atoms with Gasteiger partial charge in [-0.25, -0.2) is 0 Å². The van der Waals surface area contributed by atoms with Crippen molar-refractivity contribution in [3.63, 3.8) is 0 Å². The van der Waals surface area contributed by atoms with Gasteiger partial charge in [0.05, 0.1) is 24.7 Å². The first-order valence-corrected chi connectivity index (χ1v) is 11.4. The number of hydrogen-bond donors (Lipinski definition) is 0. The summed E-state index contributed by atoms with van der Waals surface area (Å²) in [4.78, 5) is 21.7. The van der Waals surface area contributed by atoms with Gasteiger partial charge in [-0.3, -0.25) is 9.78 Å². The maximum absolute atomic E-state index is 12.9. The van der Waals surface area contributed by atoms with Gasteiger partial charge in [-0.2, -0.15) is 0 Å². The Labute approximate surface area is 189 Å². The van der Waals surface area contributed by atoms with E-state index in [-0.39, 0.29) is 11.9 Å². The molecule has 0 saturated carbocycles. The van der Waals surface area contributed by atoms with Gasteiger partial charge < -0.3 is 19.3 Å². The summed E-state index contributed by atoms with van der Waals surface area (Å²) in [6, 6.07) is 10.0. The number of hydrogen-bond acceptors (Lipinski definition) is 5. The van der Waals surface area contributed by atoms with E-state index in [0.29, 0.717) is 36.2 Å². The molecule has 2 aliphatic heterocycles. The molecule has 0 atom stereocenters. The van der Waals surface area contributed by atoms with Crippen LogP contribution in [0.25, 0.3) is 0 Å². The van der Waals surface area contributed by atoms with Crippen molar-refractivity contribution in [2.75, 3.05) is 39.9 Å². The summed E-state index contributed by atoms with van der Waals surface area (Å²) in [7, 11) is 1.92. The number of likely N-dealkylation sites (tertiary alicyclic amines) is 1. The first kappa shape index (κ1) is 21.9. The molecule has 0 spiro atoms. The zero-order valence-electron chi connectivity index (χ0n) is 18.1. The molecular formula is C24H30ClN3O3. The number of carbonyl (C=O) groups is 1. The number of ether oxygens (including phenoxy) is 2. The molecule has 6 nitrogen and oxygen atoms in total. The number of aromatic nitrogens is 1. The Morgan fingerprint density at radius 1 is 1.23 bits per heavy atom. The molecule has 0 bridgehead atoms. The molecule has 1 fully saturated rings. The average Bonchev–Trinajstić information content (AvgIpc) is 3.04. The van der Waals surface area contributed by atoms with E-state index in [0.717, 1.165) is 56.6 Å². The Bertz CT molecular complexity index is 885. The van der Waals surface area contributed by atoms with Crippen LogP contribution in [0.1, 0.15) is 30.5 Å². The van der Waals surface area contributed by atoms with E-state index in [2.05, 4.69) is 16.0 Å². The Morgan fingerprint density at radius 3 is 2.81 bits per heavy atom. The second-order valence-corrected chi connectivity index (χ2v) is 8.69. The lowest BCUT2D eigenvalue weighted by atomic mass is 10.0. The van der Waals surface area contributed by atoms with Crippen LogP contribution in [0.2, 0.25) is 5.02 Å². The molecule has 1 amide bonds. The number of pyridine rings is 1. The molecule has 1 saturated heterocycles. The Hall–Kier alpha value is -2.31. The highest BCUT2D eigenvalue weighted by Crippen LogP contribution is 2.38. The third kappa shape index (κ3) is 5.69. The number of piperidine rings is 1. The van der Waals surface area contributed by atoms with Crippen molar-refractivity contribution in [3.8, 4) is 11.5 Å². The summed E-state index contributed by atoms with van der Waals surface area (Å²) in [6.07, 6.45) is 5.93. The molecule has 3 heterocycles. The highest BCUT2D eigenvalue weighted by molar-refractivity contribution is 6.32. The molecule has 7 heteroatoms. The number of likely N-dealkylation sites (N-methyl/N-ethyl adjacent to an activating group) is 1. The second kappa shape index (κ2) is 10.3. The van der Waals surface area contributed by atoms with E-state index in [1.165, 1.54) is 0 Å². The molecule has 0 unspecified atom stereocenters. The minimum Gasteiger partial charge on any atom is -0.489 e. The smallest absolute Gasteiger partial charge is 0.226 e. The molecule has 2 aromatic rings. The maximum Gasteiger partial charge on any atom is 0.226 e. The predicted molar refractivity (Wildman–Crippen MR) is 121 cm³/mol. The molecule has 0 aliphatic carbocycles. The minimum absolute atomic E-state index is 0.109. The van der Waals surface area contributed by atoms with Crippen LogP contribution in [-0.2, 0) is 17.6 Å². The predicted octanol–water partition coefficient (Wildman–Crippen LogP) is 3.60. The monoisotopic (exact) mass is 443 g/mol. The topological polar surface area (TPSA) is 54.9 Å². The van der Waals surface area contributed by atoms with E-state index < -0.39 is 0 Å². The summed E-state index contributed by atoms with van der Waals surface area (Å²) in [5, 5.41) is 0.506.